The Morgan fingerprint density at radius 1 is 1.33 bits per heavy atom. The van der Waals surface area contributed by atoms with Crippen LogP contribution in [0, 0.1) is 0 Å². The highest BCUT2D eigenvalue weighted by atomic mass is 16.1. The average Bonchev–Trinajstić information content (AvgIpc) is 2.04. The van der Waals surface area contributed by atoms with E-state index in [1.165, 1.54) is 5.01 Å². The van der Waals surface area contributed by atoms with E-state index >= 15 is 0 Å². The molecule has 3 nitrogen and oxygen atoms in total. The molecule has 12 heavy (non-hydrogen) atoms. The normalized spacial score (nSPS) is 9.58. The van der Waals surface area contributed by atoms with Crippen LogP contribution in [0.4, 0.5) is 5.69 Å². The number of carbonyl (C=O) groups is 1. The summed E-state index contributed by atoms with van der Waals surface area (Å²) in [5.74, 6) is 5.56. The maximum Gasteiger partial charge on any atom is 0.159 e. The molecule has 0 unspecified atom stereocenters. The third-order valence-electron chi connectivity index (χ3n) is 1.68. The standard InChI is InChI=1S/C9H12N2O/c1-7(12)8-3-5-9(6-4-8)11(2)10/h3-6H,10H2,1-2H3. The van der Waals surface area contributed by atoms with Crippen molar-refractivity contribution in [3.63, 3.8) is 0 Å². The number of carbonyl (C=O) groups excluding carboxylic acids is 1. The average molecular weight is 164 g/mol. The topological polar surface area (TPSA) is 46.3 Å². The molecule has 2 N–H and O–H groups in total. The number of hydrogen-bond acceptors (Lipinski definition) is 3. The molecule has 0 saturated heterocycles. The molecule has 0 saturated carbocycles. The lowest BCUT2D eigenvalue weighted by atomic mass is 10.1. The van der Waals surface area contributed by atoms with Crippen molar-refractivity contribution in [2.75, 3.05) is 12.1 Å². The number of ketones is 1. The summed E-state index contributed by atoms with van der Waals surface area (Å²) in [6.45, 7) is 1.54. The molecule has 0 aliphatic carbocycles. The molecule has 0 radical (unpaired) electrons. The summed E-state index contributed by atoms with van der Waals surface area (Å²) in [6, 6.07) is 7.16. The Balaban J connectivity index is 2.93. The van der Waals surface area contributed by atoms with Crippen molar-refractivity contribution in [1.82, 2.24) is 0 Å². The number of hydrogen-bond donors (Lipinski definition) is 1. The van der Waals surface area contributed by atoms with Crippen LogP contribution in [0.15, 0.2) is 24.3 Å². The smallest absolute Gasteiger partial charge is 0.159 e. The van der Waals surface area contributed by atoms with Crippen molar-refractivity contribution >= 4 is 11.5 Å². The van der Waals surface area contributed by atoms with Gasteiger partial charge in [-0.05, 0) is 31.2 Å². The van der Waals surface area contributed by atoms with Crippen molar-refractivity contribution in [3.05, 3.63) is 29.8 Å². The van der Waals surface area contributed by atoms with E-state index < -0.39 is 0 Å². The number of hydrazine groups is 1. The van der Waals surface area contributed by atoms with Crippen molar-refractivity contribution in [2.45, 2.75) is 6.92 Å². The molecule has 0 aliphatic heterocycles. The van der Waals surface area contributed by atoms with Gasteiger partial charge >= 0.3 is 0 Å². The number of nitrogens with zero attached hydrogens (tertiary/aromatic N) is 1. The van der Waals surface area contributed by atoms with Crippen LogP contribution in [0.2, 0.25) is 0 Å². The Bertz CT molecular complexity index is 277. The Kier molecular flexibility index (Phi) is 2.45. The number of Topliss-reactive ketones (excluding diaryl/α,β-unsaturated/α-hetero) is 1. The SMILES string of the molecule is CC(=O)c1ccc(N(C)N)cc1. The third kappa shape index (κ3) is 1.83. The zero-order chi connectivity index (χ0) is 9.14. The van der Waals surface area contributed by atoms with Gasteiger partial charge in [-0.2, -0.15) is 0 Å². The first-order valence-electron chi connectivity index (χ1n) is 3.70. The van der Waals surface area contributed by atoms with E-state index in [2.05, 4.69) is 0 Å². The summed E-state index contributed by atoms with van der Waals surface area (Å²) in [5, 5.41) is 1.50. The maximum absolute atomic E-state index is 10.9. The molecule has 64 valence electrons. The lowest BCUT2D eigenvalue weighted by Crippen LogP contribution is -2.24. The largest absolute Gasteiger partial charge is 0.314 e. The molecule has 1 aromatic rings. The molecule has 0 fully saturated rings. The molecular weight excluding hydrogens is 152 g/mol. The molecule has 1 rings (SSSR count). The zero-order valence-corrected chi connectivity index (χ0v) is 7.24. The maximum atomic E-state index is 10.9. The third-order valence-corrected chi connectivity index (χ3v) is 1.68. The Hall–Kier alpha value is -1.35. The van der Waals surface area contributed by atoms with Crippen molar-refractivity contribution in [2.24, 2.45) is 5.84 Å². The van der Waals surface area contributed by atoms with Crippen molar-refractivity contribution in [3.8, 4) is 0 Å². The second kappa shape index (κ2) is 3.36. The van der Waals surface area contributed by atoms with Crippen LogP contribution in [-0.2, 0) is 0 Å². The monoisotopic (exact) mass is 164 g/mol. The molecule has 0 bridgehead atoms. The fourth-order valence-electron chi connectivity index (χ4n) is 0.931. The molecule has 3 heteroatoms. The molecule has 0 amide bonds. The van der Waals surface area contributed by atoms with Crippen LogP contribution < -0.4 is 10.9 Å². The number of rotatable bonds is 2. The summed E-state index contributed by atoms with van der Waals surface area (Å²) in [5.41, 5.74) is 1.60. The van der Waals surface area contributed by atoms with E-state index in [0.717, 1.165) is 5.69 Å². The van der Waals surface area contributed by atoms with Crippen molar-refractivity contribution < 1.29 is 4.79 Å². The van der Waals surface area contributed by atoms with E-state index in [9.17, 15) is 4.79 Å². The van der Waals surface area contributed by atoms with Gasteiger partial charge in [0.25, 0.3) is 0 Å². The molecule has 0 aromatic heterocycles. The Morgan fingerprint density at radius 3 is 2.17 bits per heavy atom. The van der Waals surface area contributed by atoms with E-state index in [1.54, 1.807) is 26.1 Å². The minimum absolute atomic E-state index is 0.0706. The van der Waals surface area contributed by atoms with Gasteiger partial charge in [-0.1, -0.05) is 0 Å². The molecule has 0 spiro atoms. The summed E-state index contributed by atoms with van der Waals surface area (Å²) < 4.78 is 0. The summed E-state index contributed by atoms with van der Waals surface area (Å²) in [4.78, 5) is 10.9. The molecule has 0 heterocycles. The van der Waals surface area contributed by atoms with Crippen LogP contribution in [-0.4, -0.2) is 12.8 Å². The summed E-state index contributed by atoms with van der Waals surface area (Å²) >= 11 is 0. The van der Waals surface area contributed by atoms with E-state index in [1.807, 2.05) is 12.1 Å². The Labute approximate surface area is 71.8 Å². The van der Waals surface area contributed by atoms with Gasteiger partial charge < -0.3 is 5.01 Å². The molecule has 1 aromatic carbocycles. The van der Waals surface area contributed by atoms with Crippen molar-refractivity contribution in [1.29, 1.82) is 0 Å². The van der Waals surface area contributed by atoms with E-state index in [0.29, 0.717) is 5.56 Å². The van der Waals surface area contributed by atoms with E-state index in [-0.39, 0.29) is 5.78 Å². The number of anilines is 1. The predicted octanol–water partition coefficient (Wildman–Crippen LogP) is 1.20. The highest BCUT2D eigenvalue weighted by molar-refractivity contribution is 5.94. The fourth-order valence-corrected chi connectivity index (χ4v) is 0.931. The number of nitrogens with two attached hydrogens (primary N) is 1. The first-order valence-corrected chi connectivity index (χ1v) is 3.70. The summed E-state index contributed by atoms with van der Waals surface area (Å²) in [7, 11) is 1.75. The fraction of sp³-hybridized carbons (Fsp3) is 0.222. The summed E-state index contributed by atoms with van der Waals surface area (Å²) in [6.07, 6.45) is 0. The van der Waals surface area contributed by atoms with Gasteiger partial charge in [-0.15, -0.1) is 0 Å². The van der Waals surface area contributed by atoms with Crippen LogP contribution >= 0.6 is 0 Å². The highest BCUT2D eigenvalue weighted by Gasteiger charge is 1.99. The minimum Gasteiger partial charge on any atom is -0.314 e. The van der Waals surface area contributed by atoms with Crippen LogP contribution in [0.25, 0.3) is 0 Å². The number of benzene rings is 1. The first kappa shape index (κ1) is 8.74. The molecular formula is C9H12N2O. The first-order chi connectivity index (χ1) is 5.61. The van der Waals surface area contributed by atoms with Gasteiger partial charge in [0.05, 0.1) is 5.69 Å². The molecule has 0 aliphatic rings. The van der Waals surface area contributed by atoms with Gasteiger partial charge in [0, 0.05) is 12.6 Å². The van der Waals surface area contributed by atoms with Gasteiger partial charge in [0.1, 0.15) is 0 Å². The lowest BCUT2D eigenvalue weighted by Gasteiger charge is -2.11. The lowest BCUT2D eigenvalue weighted by molar-refractivity contribution is 0.101. The Morgan fingerprint density at radius 2 is 1.83 bits per heavy atom. The zero-order valence-electron chi connectivity index (χ0n) is 7.24. The van der Waals surface area contributed by atoms with Crippen LogP contribution in [0.1, 0.15) is 17.3 Å². The van der Waals surface area contributed by atoms with Crippen LogP contribution in [0.3, 0.4) is 0 Å². The van der Waals surface area contributed by atoms with Gasteiger partial charge in [0.15, 0.2) is 5.78 Å². The van der Waals surface area contributed by atoms with Gasteiger partial charge in [-0.25, -0.2) is 5.84 Å². The second-order valence-electron chi connectivity index (χ2n) is 2.71. The highest BCUT2D eigenvalue weighted by Crippen LogP contribution is 2.11. The van der Waals surface area contributed by atoms with Crippen LogP contribution in [0.5, 0.6) is 0 Å². The second-order valence-corrected chi connectivity index (χ2v) is 2.71. The van der Waals surface area contributed by atoms with Gasteiger partial charge in [-0.3, -0.25) is 4.79 Å². The van der Waals surface area contributed by atoms with Gasteiger partial charge in [0.2, 0.25) is 0 Å². The minimum atomic E-state index is 0.0706. The predicted molar refractivity (Wildman–Crippen MR) is 49.0 cm³/mol. The molecule has 0 atom stereocenters. The quantitative estimate of drug-likeness (QED) is 0.406. The van der Waals surface area contributed by atoms with E-state index in [4.69, 9.17) is 5.84 Å².